The lowest BCUT2D eigenvalue weighted by atomic mass is 10.1. The van der Waals surface area contributed by atoms with Crippen molar-refractivity contribution in [3.05, 3.63) is 70.5 Å². The molecule has 162 valence electrons. The van der Waals surface area contributed by atoms with Gasteiger partial charge in [0.25, 0.3) is 0 Å². The summed E-state index contributed by atoms with van der Waals surface area (Å²) in [6.45, 7) is 0. The standard InChI is InChI=1S/C11H11BrN2O2.C11H12N2O2/c12-7-1-2-10-8(4-7)6(5-14-10)3-9(13)11(15)16;12-9(11(14)15)5-7-6-13-10-4-2-1-3-8(7)10/h1-2,4-5,9,14H,3,13H2,(H,15,16);1-4,6,9,13H,5,12H2,(H,14,15)/t2*9-/m01/s1. The van der Waals surface area contributed by atoms with Crippen LogP contribution in [0.25, 0.3) is 21.8 Å². The summed E-state index contributed by atoms with van der Waals surface area (Å²) in [7, 11) is 0. The molecule has 0 aliphatic carbocycles. The van der Waals surface area contributed by atoms with Gasteiger partial charge in [0.15, 0.2) is 0 Å². The summed E-state index contributed by atoms with van der Waals surface area (Å²) in [5, 5.41) is 19.5. The van der Waals surface area contributed by atoms with E-state index in [-0.39, 0.29) is 0 Å². The number of halogens is 1. The molecule has 9 heteroatoms. The van der Waals surface area contributed by atoms with Crippen LogP contribution in [0.3, 0.4) is 0 Å². The maximum Gasteiger partial charge on any atom is 0.320 e. The van der Waals surface area contributed by atoms with Gasteiger partial charge in [0.1, 0.15) is 12.1 Å². The number of para-hydroxylation sites is 1. The van der Waals surface area contributed by atoms with Crippen molar-refractivity contribution >= 4 is 49.7 Å². The molecule has 0 saturated heterocycles. The molecule has 4 rings (SSSR count). The predicted molar refractivity (Wildman–Crippen MR) is 123 cm³/mol. The zero-order valence-electron chi connectivity index (χ0n) is 16.5. The van der Waals surface area contributed by atoms with Gasteiger partial charge in [-0.15, -0.1) is 0 Å². The maximum absolute atomic E-state index is 10.7. The van der Waals surface area contributed by atoms with Crippen molar-refractivity contribution in [3.8, 4) is 0 Å². The molecule has 0 bridgehead atoms. The molecule has 0 unspecified atom stereocenters. The molecule has 0 aliphatic heterocycles. The molecular weight excluding hydrogens is 464 g/mol. The number of H-pyrrole nitrogens is 2. The van der Waals surface area contributed by atoms with Crippen molar-refractivity contribution in [1.82, 2.24) is 9.97 Å². The number of aromatic amines is 2. The Kier molecular flexibility index (Phi) is 7.11. The van der Waals surface area contributed by atoms with Crippen molar-refractivity contribution in [2.75, 3.05) is 0 Å². The van der Waals surface area contributed by atoms with E-state index in [2.05, 4.69) is 25.9 Å². The average molecular weight is 487 g/mol. The molecule has 0 amide bonds. The monoisotopic (exact) mass is 486 g/mol. The summed E-state index contributed by atoms with van der Waals surface area (Å²) in [5.41, 5.74) is 14.9. The number of rotatable bonds is 6. The fourth-order valence-electron chi connectivity index (χ4n) is 3.27. The fraction of sp³-hybridized carbons (Fsp3) is 0.182. The van der Waals surface area contributed by atoms with Gasteiger partial charge in [-0.3, -0.25) is 9.59 Å². The van der Waals surface area contributed by atoms with Crippen molar-refractivity contribution in [2.24, 2.45) is 11.5 Å². The van der Waals surface area contributed by atoms with Gasteiger partial charge >= 0.3 is 11.9 Å². The van der Waals surface area contributed by atoms with Crippen LogP contribution in [-0.4, -0.2) is 44.2 Å². The highest BCUT2D eigenvalue weighted by Gasteiger charge is 2.15. The Morgan fingerprint density at radius 1 is 0.839 bits per heavy atom. The Morgan fingerprint density at radius 3 is 1.94 bits per heavy atom. The van der Waals surface area contributed by atoms with Crippen molar-refractivity contribution in [1.29, 1.82) is 0 Å². The maximum atomic E-state index is 10.7. The SMILES string of the molecule is N[C@@H](Cc1c[nH]c2ccc(Br)cc12)C(=O)O.N[C@H](Cc1c[nH]c2ccccc12)C(=O)O. The quantitative estimate of drug-likeness (QED) is 0.245. The molecule has 8 N–H and O–H groups in total. The largest absolute Gasteiger partial charge is 0.480 e. The minimum Gasteiger partial charge on any atom is -0.480 e. The molecule has 0 fully saturated rings. The molecule has 2 heterocycles. The van der Waals surface area contributed by atoms with E-state index < -0.39 is 24.0 Å². The van der Waals surface area contributed by atoms with E-state index in [1.807, 2.05) is 48.7 Å². The van der Waals surface area contributed by atoms with Gasteiger partial charge in [-0.05, 0) is 35.4 Å². The molecule has 31 heavy (non-hydrogen) atoms. The number of carboxylic acids is 2. The van der Waals surface area contributed by atoms with Crippen molar-refractivity contribution in [3.63, 3.8) is 0 Å². The van der Waals surface area contributed by atoms with E-state index in [0.717, 1.165) is 37.4 Å². The summed E-state index contributed by atoms with van der Waals surface area (Å²) in [6.07, 6.45) is 4.29. The fourth-order valence-corrected chi connectivity index (χ4v) is 3.63. The van der Waals surface area contributed by atoms with Crippen LogP contribution in [0, 0.1) is 0 Å². The number of carboxylic acid groups (broad SMARTS) is 2. The van der Waals surface area contributed by atoms with E-state index in [1.54, 1.807) is 6.20 Å². The van der Waals surface area contributed by atoms with Crippen LogP contribution in [0.4, 0.5) is 0 Å². The molecule has 0 radical (unpaired) electrons. The number of benzene rings is 2. The van der Waals surface area contributed by atoms with Gasteiger partial charge in [-0.25, -0.2) is 0 Å². The molecule has 2 aromatic heterocycles. The smallest absolute Gasteiger partial charge is 0.320 e. The zero-order valence-corrected chi connectivity index (χ0v) is 18.1. The number of aliphatic carboxylic acids is 2. The average Bonchev–Trinajstić information content (AvgIpc) is 3.32. The second-order valence-electron chi connectivity index (χ2n) is 7.16. The van der Waals surface area contributed by atoms with Crippen LogP contribution in [0.2, 0.25) is 0 Å². The molecule has 2 aromatic carbocycles. The Morgan fingerprint density at radius 2 is 1.35 bits per heavy atom. The summed E-state index contributed by atoms with van der Waals surface area (Å²) < 4.78 is 0.963. The zero-order chi connectivity index (χ0) is 22.5. The van der Waals surface area contributed by atoms with E-state index in [1.165, 1.54) is 0 Å². The lowest BCUT2D eigenvalue weighted by Crippen LogP contribution is -2.32. The highest BCUT2D eigenvalue weighted by atomic mass is 79.9. The van der Waals surface area contributed by atoms with Gasteiger partial charge in [-0.2, -0.15) is 0 Å². The summed E-state index contributed by atoms with van der Waals surface area (Å²) in [6, 6.07) is 11.9. The predicted octanol–water partition coefficient (Wildman–Crippen LogP) is 3.01. The molecular formula is C22H23BrN4O4. The highest BCUT2D eigenvalue weighted by molar-refractivity contribution is 9.10. The number of carbonyl (C=O) groups is 2. The van der Waals surface area contributed by atoms with Crippen LogP contribution < -0.4 is 11.5 Å². The second kappa shape index (κ2) is 9.78. The third-order valence-corrected chi connectivity index (χ3v) is 5.41. The second-order valence-corrected chi connectivity index (χ2v) is 8.08. The van der Waals surface area contributed by atoms with E-state index in [4.69, 9.17) is 21.7 Å². The topological polar surface area (TPSA) is 158 Å². The number of nitrogens with one attached hydrogen (secondary N) is 2. The van der Waals surface area contributed by atoms with E-state index in [0.29, 0.717) is 12.8 Å². The minimum absolute atomic E-state index is 0.325. The minimum atomic E-state index is -0.982. The van der Waals surface area contributed by atoms with Gasteiger partial charge in [0.2, 0.25) is 0 Å². The third kappa shape index (κ3) is 5.52. The number of fused-ring (bicyclic) bond motifs is 2. The van der Waals surface area contributed by atoms with Crippen molar-refractivity contribution in [2.45, 2.75) is 24.9 Å². The normalized spacial score (nSPS) is 12.9. The number of hydrogen-bond donors (Lipinski definition) is 6. The first-order chi connectivity index (χ1) is 14.8. The van der Waals surface area contributed by atoms with Gasteiger partial charge in [-0.1, -0.05) is 34.1 Å². The highest BCUT2D eigenvalue weighted by Crippen LogP contribution is 2.23. The molecule has 8 nitrogen and oxygen atoms in total. The van der Waals surface area contributed by atoms with Gasteiger partial charge in [0.05, 0.1) is 0 Å². The number of hydrogen-bond acceptors (Lipinski definition) is 4. The first-order valence-electron chi connectivity index (χ1n) is 9.53. The molecule has 0 aliphatic rings. The molecule has 0 spiro atoms. The lowest BCUT2D eigenvalue weighted by Gasteiger charge is -2.04. The third-order valence-electron chi connectivity index (χ3n) is 4.92. The summed E-state index contributed by atoms with van der Waals surface area (Å²) in [5.74, 6) is -1.95. The van der Waals surface area contributed by atoms with Gasteiger partial charge < -0.3 is 31.6 Å². The Balaban J connectivity index is 0.000000176. The Hall–Kier alpha value is -3.14. The first-order valence-corrected chi connectivity index (χ1v) is 10.3. The summed E-state index contributed by atoms with van der Waals surface area (Å²) in [4.78, 5) is 27.5. The molecule has 0 saturated carbocycles. The van der Waals surface area contributed by atoms with Crippen molar-refractivity contribution < 1.29 is 19.8 Å². The van der Waals surface area contributed by atoms with Crippen LogP contribution in [0.5, 0.6) is 0 Å². The van der Waals surface area contributed by atoms with Crippen LogP contribution in [-0.2, 0) is 22.4 Å². The summed E-state index contributed by atoms with van der Waals surface area (Å²) >= 11 is 3.38. The van der Waals surface area contributed by atoms with E-state index in [9.17, 15) is 9.59 Å². The Bertz CT molecular complexity index is 1220. The van der Waals surface area contributed by atoms with Crippen LogP contribution in [0.15, 0.2) is 59.3 Å². The Labute approximate surface area is 186 Å². The lowest BCUT2D eigenvalue weighted by molar-refractivity contribution is -0.139. The van der Waals surface area contributed by atoms with Gasteiger partial charge in [0, 0.05) is 51.5 Å². The number of nitrogens with two attached hydrogens (primary N) is 2. The number of aromatic nitrogens is 2. The molecule has 2 atom stereocenters. The van der Waals surface area contributed by atoms with E-state index >= 15 is 0 Å². The van der Waals surface area contributed by atoms with Crippen LogP contribution >= 0.6 is 15.9 Å². The first kappa shape index (κ1) is 22.5. The van der Waals surface area contributed by atoms with Crippen LogP contribution in [0.1, 0.15) is 11.1 Å². The molecule has 4 aromatic rings.